The van der Waals surface area contributed by atoms with Crippen molar-refractivity contribution in [3.05, 3.63) is 23.8 Å². The summed E-state index contributed by atoms with van der Waals surface area (Å²) in [6.07, 6.45) is 2.34. The molecule has 5 heteroatoms. The van der Waals surface area contributed by atoms with Gasteiger partial charge in [0.1, 0.15) is 0 Å². The monoisotopic (exact) mass is 291 g/mol. The molecule has 0 radical (unpaired) electrons. The standard InChI is InChI=1S/C16H25N3O2/c1-4-6-15(20)18-13-7-5-8-14(12(13)3)19-16(21)10-9-11(2)17/h5,7-8,11H,4,6,9-10,17H2,1-3H3,(H,18,20)(H,19,21). The number of carbonyl (C=O) groups is 2. The summed E-state index contributed by atoms with van der Waals surface area (Å²) in [6, 6.07) is 5.49. The summed E-state index contributed by atoms with van der Waals surface area (Å²) in [7, 11) is 0. The number of hydrogen-bond acceptors (Lipinski definition) is 3. The molecular formula is C16H25N3O2. The summed E-state index contributed by atoms with van der Waals surface area (Å²) in [5.74, 6) is -0.0755. The zero-order valence-electron chi connectivity index (χ0n) is 13.0. The highest BCUT2D eigenvalue weighted by molar-refractivity contribution is 5.95. The smallest absolute Gasteiger partial charge is 0.224 e. The van der Waals surface area contributed by atoms with Crippen LogP contribution in [0.5, 0.6) is 0 Å². The average molecular weight is 291 g/mol. The van der Waals surface area contributed by atoms with Gasteiger partial charge in [0.05, 0.1) is 0 Å². The van der Waals surface area contributed by atoms with Crippen LogP contribution in [0.25, 0.3) is 0 Å². The van der Waals surface area contributed by atoms with Crippen LogP contribution in [-0.4, -0.2) is 17.9 Å². The van der Waals surface area contributed by atoms with E-state index >= 15 is 0 Å². The van der Waals surface area contributed by atoms with Crippen LogP contribution in [0.4, 0.5) is 11.4 Å². The first kappa shape index (κ1) is 17.2. The number of hydrogen-bond donors (Lipinski definition) is 3. The zero-order chi connectivity index (χ0) is 15.8. The number of nitrogens with two attached hydrogens (primary N) is 1. The second kappa shape index (κ2) is 8.42. The van der Waals surface area contributed by atoms with Gasteiger partial charge in [-0.3, -0.25) is 9.59 Å². The Labute approximate surface area is 126 Å². The summed E-state index contributed by atoms with van der Waals surface area (Å²) >= 11 is 0. The van der Waals surface area contributed by atoms with Gasteiger partial charge in [0.25, 0.3) is 0 Å². The van der Waals surface area contributed by atoms with Gasteiger partial charge in [-0.15, -0.1) is 0 Å². The second-order valence-electron chi connectivity index (χ2n) is 5.34. The number of nitrogens with one attached hydrogen (secondary N) is 2. The van der Waals surface area contributed by atoms with Crippen molar-refractivity contribution in [2.45, 2.75) is 52.5 Å². The Morgan fingerprint density at radius 2 is 1.67 bits per heavy atom. The fourth-order valence-electron chi connectivity index (χ4n) is 1.92. The molecule has 1 aromatic carbocycles. The minimum Gasteiger partial charge on any atom is -0.328 e. The Bertz CT molecular complexity index is 498. The lowest BCUT2D eigenvalue weighted by Crippen LogP contribution is -2.20. The van der Waals surface area contributed by atoms with Gasteiger partial charge in [-0.25, -0.2) is 0 Å². The van der Waals surface area contributed by atoms with Crippen molar-refractivity contribution in [1.82, 2.24) is 0 Å². The van der Waals surface area contributed by atoms with Gasteiger partial charge in [-0.1, -0.05) is 13.0 Å². The third-order valence-corrected chi connectivity index (χ3v) is 3.19. The zero-order valence-corrected chi connectivity index (χ0v) is 13.0. The van der Waals surface area contributed by atoms with E-state index in [0.29, 0.717) is 19.3 Å². The molecule has 0 heterocycles. The van der Waals surface area contributed by atoms with Crippen LogP contribution in [0.1, 0.15) is 45.1 Å². The maximum absolute atomic E-state index is 11.9. The number of anilines is 2. The van der Waals surface area contributed by atoms with Crippen LogP contribution >= 0.6 is 0 Å². The molecule has 1 aromatic rings. The number of rotatable bonds is 7. The molecule has 0 aromatic heterocycles. The van der Waals surface area contributed by atoms with E-state index in [1.807, 2.05) is 39.0 Å². The molecule has 0 bridgehead atoms. The fraction of sp³-hybridized carbons (Fsp3) is 0.500. The topological polar surface area (TPSA) is 84.2 Å². The summed E-state index contributed by atoms with van der Waals surface area (Å²) < 4.78 is 0. The van der Waals surface area contributed by atoms with Gasteiger partial charge >= 0.3 is 0 Å². The molecular weight excluding hydrogens is 266 g/mol. The van der Waals surface area contributed by atoms with Gasteiger partial charge in [0.15, 0.2) is 0 Å². The Morgan fingerprint density at radius 3 is 2.14 bits per heavy atom. The van der Waals surface area contributed by atoms with Crippen molar-refractivity contribution >= 4 is 23.2 Å². The fourth-order valence-corrected chi connectivity index (χ4v) is 1.92. The molecule has 0 fully saturated rings. The minimum atomic E-state index is -0.0626. The van der Waals surface area contributed by atoms with Crippen LogP contribution in [0.15, 0.2) is 18.2 Å². The number of carbonyl (C=O) groups excluding carboxylic acids is 2. The van der Waals surface area contributed by atoms with Crippen molar-refractivity contribution in [3.8, 4) is 0 Å². The van der Waals surface area contributed by atoms with Crippen LogP contribution in [0.3, 0.4) is 0 Å². The van der Waals surface area contributed by atoms with E-state index in [1.54, 1.807) is 0 Å². The number of amides is 2. The van der Waals surface area contributed by atoms with Crippen molar-refractivity contribution in [2.24, 2.45) is 5.73 Å². The Balaban J connectivity index is 2.71. The lowest BCUT2D eigenvalue weighted by atomic mass is 10.1. The van der Waals surface area contributed by atoms with Gasteiger partial charge in [-0.05, 0) is 44.4 Å². The van der Waals surface area contributed by atoms with Crippen molar-refractivity contribution < 1.29 is 9.59 Å². The Hall–Kier alpha value is -1.88. The second-order valence-corrected chi connectivity index (χ2v) is 5.34. The van der Waals surface area contributed by atoms with Gasteiger partial charge in [0.2, 0.25) is 11.8 Å². The maximum Gasteiger partial charge on any atom is 0.224 e. The normalized spacial score (nSPS) is 11.8. The third-order valence-electron chi connectivity index (χ3n) is 3.19. The van der Waals surface area contributed by atoms with Crippen LogP contribution in [-0.2, 0) is 9.59 Å². The van der Waals surface area contributed by atoms with E-state index in [0.717, 1.165) is 23.4 Å². The molecule has 0 aliphatic rings. The molecule has 0 aliphatic heterocycles. The minimum absolute atomic E-state index is 0.0107. The molecule has 1 rings (SSSR count). The summed E-state index contributed by atoms with van der Waals surface area (Å²) in [5, 5.41) is 5.73. The van der Waals surface area contributed by atoms with E-state index < -0.39 is 0 Å². The van der Waals surface area contributed by atoms with Gasteiger partial charge < -0.3 is 16.4 Å². The first-order valence-corrected chi connectivity index (χ1v) is 7.39. The Morgan fingerprint density at radius 1 is 1.14 bits per heavy atom. The van der Waals surface area contributed by atoms with Crippen LogP contribution in [0.2, 0.25) is 0 Å². The molecule has 0 saturated carbocycles. The van der Waals surface area contributed by atoms with Crippen molar-refractivity contribution in [1.29, 1.82) is 0 Å². The van der Waals surface area contributed by atoms with E-state index in [2.05, 4.69) is 10.6 Å². The molecule has 21 heavy (non-hydrogen) atoms. The van der Waals surface area contributed by atoms with E-state index in [-0.39, 0.29) is 17.9 Å². The highest BCUT2D eigenvalue weighted by Gasteiger charge is 2.10. The van der Waals surface area contributed by atoms with Gasteiger partial charge in [0, 0.05) is 30.3 Å². The highest BCUT2D eigenvalue weighted by Crippen LogP contribution is 2.23. The quantitative estimate of drug-likeness (QED) is 0.722. The predicted molar refractivity (Wildman–Crippen MR) is 86.2 cm³/mol. The largest absolute Gasteiger partial charge is 0.328 e. The average Bonchev–Trinajstić information content (AvgIpc) is 2.41. The summed E-state index contributed by atoms with van der Waals surface area (Å²) in [6.45, 7) is 5.71. The highest BCUT2D eigenvalue weighted by atomic mass is 16.2. The van der Waals surface area contributed by atoms with E-state index in [4.69, 9.17) is 5.73 Å². The molecule has 2 amide bonds. The maximum atomic E-state index is 11.9. The molecule has 116 valence electrons. The van der Waals surface area contributed by atoms with Crippen LogP contribution < -0.4 is 16.4 Å². The first-order chi connectivity index (χ1) is 9.93. The molecule has 5 nitrogen and oxygen atoms in total. The van der Waals surface area contributed by atoms with Crippen LogP contribution in [0, 0.1) is 6.92 Å². The summed E-state index contributed by atoms with van der Waals surface area (Å²) in [5.41, 5.74) is 7.96. The molecule has 4 N–H and O–H groups in total. The molecule has 0 aliphatic carbocycles. The molecule has 1 atom stereocenters. The van der Waals surface area contributed by atoms with Crippen molar-refractivity contribution in [3.63, 3.8) is 0 Å². The van der Waals surface area contributed by atoms with Crippen molar-refractivity contribution in [2.75, 3.05) is 10.6 Å². The third kappa shape index (κ3) is 5.95. The summed E-state index contributed by atoms with van der Waals surface area (Å²) in [4.78, 5) is 23.5. The van der Waals surface area contributed by atoms with E-state index in [9.17, 15) is 9.59 Å². The number of benzene rings is 1. The molecule has 0 spiro atoms. The molecule has 0 saturated heterocycles. The lowest BCUT2D eigenvalue weighted by molar-refractivity contribution is -0.117. The predicted octanol–water partition coefficient (Wildman–Crippen LogP) is 2.80. The van der Waals surface area contributed by atoms with E-state index in [1.165, 1.54) is 0 Å². The molecule has 1 unspecified atom stereocenters. The first-order valence-electron chi connectivity index (χ1n) is 7.39. The SMILES string of the molecule is CCCC(=O)Nc1cccc(NC(=O)CCC(C)N)c1C. The van der Waals surface area contributed by atoms with Gasteiger partial charge in [-0.2, -0.15) is 0 Å². The lowest BCUT2D eigenvalue weighted by Gasteiger charge is -2.13. The Kier molecular flexibility index (Phi) is 6.88.